The first-order chi connectivity index (χ1) is 9.02. The van der Waals surface area contributed by atoms with Gasteiger partial charge >= 0.3 is 0 Å². The van der Waals surface area contributed by atoms with Crippen LogP contribution in [-0.4, -0.2) is 42.7 Å². The molecule has 0 aliphatic rings. The standard InChI is InChI=1S/C15H21NO3/c1-12(17)10-11-16(2)15(18)9-6-13-4-7-14(19-3)8-5-13/h4-9,12,17H,10-11H2,1-3H3/b9-6+. The minimum absolute atomic E-state index is 0.0727. The van der Waals surface area contributed by atoms with Crippen molar-refractivity contribution >= 4 is 12.0 Å². The molecule has 1 N–H and O–H groups in total. The second-order valence-corrected chi connectivity index (χ2v) is 4.50. The van der Waals surface area contributed by atoms with Crippen LogP contribution in [0.1, 0.15) is 18.9 Å². The predicted molar refractivity (Wildman–Crippen MR) is 76.0 cm³/mol. The Morgan fingerprint density at radius 1 is 1.42 bits per heavy atom. The minimum atomic E-state index is -0.388. The number of benzene rings is 1. The summed E-state index contributed by atoms with van der Waals surface area (Å²) >= 11 is 0. The SMILES string of the molecule is COc1ccc(/C=C/C(=O)N(C)CCC(C)O)cc1. The zero-order chi connectivity index (χ0) is 14.3. The van der Waals surface area contributed by atoms with E-state index in [1.54, 1.807) is 32.1 Å². The maximum absolute atomic E-state index is 11.8. The summed E-state index contributed by atoms with van der Waals surface area (Å²) in [4.78, 5) is 13.4. The Hall–Kier alpha value is -1.81. The molecule has 1 unspecified atom stereocenters. The molecule has 0 radical (unpaired) electrons. The van der Waals surface area contributed by atoms with E-state index >= 15 is 0 Å². The normalized spacial score (nSPS) is 12.4. The fourth-order valence-electron chi connectivity index (χ4n) is 1.50. The summed E-state index contributed by atoms with van der Waals surface area (Å²) in [6.45, 7) is 2.26. The van der Waals surface area contributed by atoms with Crippen LogP contribution in [0.2, 0.25) is 0 Å². The number of likely N-dealkylation sites (N-methyl/N-ethyl adjacent to an activating group) is 1. The molecule has 0 bridgehead atoms. The smallest absolute Gasteiger partial charge is 0.246 e. The maximum atomic E-state index is 11.8. The van der Waals surface area contributed by atoms with E-state index in [2.05, 4.69) is 0 Å². The van der Waals surface area contributed by atoms with Crippen LogP contribution < -0.4 is 4.74 Å². The van der Waals surface area contributed by atoms with Crippen LogP contribution in [0, 0.1) is 0 Å². The quantitative estimate of drug-likeness (QED) is 0.798. The zero-order valence-electron chi connectivity index (χ0n) is 11.7. The van der Waals surface area contributed by atoms with Gasteiger partial charge in [-0.3, -0.25) is 4.79 Å². The zero-order valence-corrected chi connectivity index (χ0v) is 11.7. The van der Waals surface area contributed by atoms with Crippen LogP contribution in [0.5, 0.6) is 5.75 Å². The molecule has 0 heterocycles. The van der Waals surface area contributed by atoms with Crippen molar-refractivity contribution in [2.45, 2.75) is 19.4 Å². The minimum Gasteiger partial charge on any atom is -0.497 e. The van der Waals surface area contributed by atoms with Crippen LogP contribution in [-0.2, 0) is 4.79 Å². The fourth-order valence-corrected chi connectivity index (χ4v) is 1.50. The highest BCUT2D eigenvalue weighted by Crippen LogP contribution is 2.12. The monoisotopic (exact) mass is 263 g/mol. The second-order valence-electron chi connectivity index (χ2n) is 4.50. The second kappa shape index (κ2) is 7.59. The predicted octanol–water partition coefficient (Wildman–Crippen LogP) is 1.94. The Kier molecular flexibility index (Phi) is 6.09. The van der Waals surface area contributed by atoms with Crippen LogP contribution in [0.15, 0.2) is 30.3 Å². The molecule has 4 heteroatoms. The van der Waals surface area contributed by atoms with Gasteiger partial charge in [0.25, 0.3) is 0 Å². The first-order valence-electron chi connectivity index (χ1n) is 6.28. The molecule has 1 amide bonds. The summed E-state index contributed by atoms with van der Waals surface area (Å²) in [5.74, 6) is 0.717. The van der Waals surface area contributed by atoms with E-state index in [-0.39, 0.29) is 12.0 Å². The van der Waals surface area contributed by atoms with Gasteiger partial charge in [0.15, 0.2) is 0 Å². The average Bonchev–Trinajstić information content (AvgIpc) is 2.42. The van der Waals surface area contributed by atoms with Gasteiger partial charge in [0, 0.05) is 19.7 Å². The van der Waals surface area contributed by atoms with E-state index in [0.717, 1.165) is 11.3 Å². The van der Waals surface area contributed by atoms with Crippen molar-refractivity contribution in [2.24, 2.45) is 0 Å². The van der Waals surface area contributed by atoms with Crippen molar-refractivity contribution in [1.29, 1.82) is 0 Å². The first kappa shape index (κ1) is 15.2. The van der Waals surface area contributed by atoms with Crippen LogP contribution in [0.3, 0.4) is 0 Å². The number of aliphatic hydroxyl groups excluding tert-OH is 1. The lowest BCUT2D eigenvalue weighted by Gasteiger charge is -2.15. The topological polar surface area (TPSA) is 49.8 Å². The molecular weight excluding hydrogens is 242 g/mol. The molecule has 104 valence electrons. The van der Waals surface area contributed by atoms with Gasteiger partial charge in [0.05, 0.1) is 13.2 Å². The number of methoxy groups -OCH3 is 1. The lowest BCUT2D eigenvalue weighted by molar-refractivity contribution is -0.124. The van der Waals surface area contributed by atoms with Crippen molar-refractivity contribution in [3.8, 4) is 5.75 Å². The lowest BCUT2D eigenvalue weighted by Crippen LogP contribution is -2.27. The Morgan fingerprint density at radius 2 is 2.05 bits per heavy atom. The summed E-state index contributed by atoms with van der Waals surface area (Å²) in [5.41, 5.74) is 0.943. The van der Waals surface area contributed by atoms with E-state index in [0.29, 0.717) is 13.0 Å². The van der Waals surface area contributed by atoms with E-state index in [4.69, 9.17) is 4.74 Å². The van der Waals surface area contributed by atoms with Crippen molar-refractivity contribution in [1.82, 2.24) is 4.90 Å². The number of hydrogen-bond donors (Lipinski definition) is 1. The van der Waals surface area contributed by atoms with Crippen LogP contribution in [0.25, 0.3) is 6.08 Å². The Labute approximate surface area is 114 Å². The van der Waals surface area contributed by atoms with Crippen molar-refractivity contribution < 1.29 is 14.6 Å². The number of carbonyl (C=O) groups is 1. The van der Waals surface area contributed by atoms with Crippen LogP contribution >= 0.6 is 0 Å². The van der Waals surface area contributed by atoms with E-state index < -0.39 is 0 Å². The Morgan fingerprint density at radius 3 is 2.58 bits per heavy atom. The van der Waals surface area contributed by atoms with Crippen molar-refractivity contribution in [3.05, 3.63) is 35.9 Å². The maximum Gasteiger partial charge on any atom is 0.246 e. The molecule has 0 aliphatic heterocycles. The number of carbonyl (C=O) groups excluding carboxylic acids is 1. The molecule has 0 aliphatic carbocycles. The number of rotatable bonds is 6. The highest BCUT2D eigenvalue weighted by atomic mass is 16.5. The molecule has 0 saturated heterocycles. The molecule has 0 fully saturated rings. The highest BCUT2D eigenvalue weighted by molar-refractivity contribution is 5.91. The van der Waals surface area contributed by atoms with E-state index in [1.807, 2.05) is 24.3 Å². The van der Waals surface area contributed by atoms with Crippen molar-refractivity contribution in [3.63, 3.8) is 0 Å². The number of ether oxygens (including phenoxy) is 1. The number of aliphatic hydroxyl groups is 1. The molecular formula is C15H21NO3. The largest absolute Gasteiger partial charge is 0.497 e. The molecule has 1 atom stereocenters. The third-order valence-electron chi connectivity index (χ3n) is 2.79. The summed E-state index contributed by atoms with van der Waals surface area (Å²) in [6.07, 6.45) is 3.49. The van der Waals surface area contributed by atoms with Crippen molar-refractivity contribution in [2.75, 3.05) is 20.7 Å². The Balaban J connectivity index is 2.52. The molecule has 4 nitrogen and oxygen atoms in total. The van der Waals surface area contributed by atoms with Gasteiger partial charge < -0.3 is 14.7 Å². The molecule has 0 spiro atoms. The summed E-state index contributed by atoms with van der Waals surface area (Å²) in [5, 5.41) is 9.17. The number of amides is 1. The van der Waals surface area contributed by atoms with Gasteiger partial charge in [-0.05, 0) is 37.1 Å². The van der Waals surface area contributed by atoms with Gasteiger partial charge in [-0.15, -0.1) is 0 Å². The van der Waals surface area contributed by atoms with Crippen LogP contribution in [0.4, 0.5) is 0 Å². The lowest BCUT2D eigenvalue weighted by atomic mass is 10.2. The van der Waals surface area contributed by atoms with Gasteiger partial charge in [0.2, 0.25) is 5.91 Å². The number of hydrogen-bond acceptors (Lipinski definition) is 3. The van der Waals surface area contributed by atoms with E-state index in [9.17, 15) is 9.90 Å². The third-order valence-corrected chi connectivity index (χ3v) is 2.79. The average molecular weight is 263 g/mol. The third kappa shape index (κ3) is 5.57. The van der Waals surface area contributed by atoms with Gasteiger partial charge in [-0.1, -0.05) is 12.1 Å². The Bertz CT molecular complexity index is 424. The first-order valence-corrected chi connectivity index (χ1v) is 6.28. The molecule has 0 saturated carbocycles. The fraction of sp³-hybridized carbons (Fsp3) is 0.400. The van der Waals surface area contributed by atoms with Gasteiger partial charge in [-0.2, -0.15) is 0 Å². The van der Waals surface area contributed by atoms with E-state index in [1.165, 1.54) is 6.08 Å². The summed E-state index contributed by atoms with van der Waals surface area (Å²) < 4.78 is 5.06. The molecule has 0 aromatic heterocycles. The molecule has 1 aromatic carbocycles. The summed E-state index contributed by atoms with van der Waals surface area (Å²) in [6, 6.07) is 7.47. The number of nitrogens with zero attached hydrogens (tertiary/aromatic N) is 1. The molecule has 19 heavy (non-hydrogen) atoms. The summed E-state index contributed by atoms with van der Waals surface area (Å²) in [7, 11) is 3.34. The highest BCUT2D eigenvalue weighted by Gasteiger charge is 2.05. The van der Waals surface area contributed by atoms with Gasteiger partial charge in [-0.25, -0.2) is 0 Å². The van der Waals surface area contributed by atoms with Gasteiger partial charge in [0.1, 0.15) is 5.75 Å². The molecule has 1 rings (SSSR count). The molecule has 1 aromatic rings.